The summed E-state index contributed by atoms with van der Waals surface area (Å²) < 4.78 is 0. The number of hydrogen-bond donors (Lipinski definition) is 2. The first-order chi connectivity index (χ1) is 10.8. The first-order valence-electron chi connectivity index (χ1n) is 8.11. The zero-order valence-corrected chi connectivity index (χ0v) is 13.3. The molecule has 0 aliphatic carbocycles. The van der Waals surface area contributed by atoms with Crippen LogP contribution in [0.3, 0.4) is 0 Å². The third-order valence-corrected chi connectivity index (χ3v) is 3.98. The topological polar surface area (TPSA) is 71.5 Å². The van der Waals surface area contributed by atoms with Crippen molar-refractivity contribution in [3.05, 3.63) is 36.0 Å². The van der Waals surface area contributed by atoms with Crippen molar-refractivity contribution in [1.29, 1.82) is 0 Å². The van der Waals surface area contributed by atoms with Crippen molar-refractivity contribution in [2.24, 2.45) is 10.9 Å². The van der Waals surface area contributed by atoms with Crippen molar-refractivity contribution >= 4 is 16.6 Å². The van der Waals surface area contributed by atoms with E-state index in [1.165, 1.54) is 32.1 Å². The van der Waals surface area contributed by atoms with Gasteiger partial charge in [-0.05, 0) is 25.0 Å². The largest absolute Gasteiger partial charge is 0.505 e. The summed E-state index contributed by atoms with van der Waals surface area (Å²) in [6.07, 6.45) is 9.77. The third kappa shape index (κ3) is 3.97. The minimum atomic E-state index is 0.174. The van der Waals surface area contributed by atoms with Gasteiger partial charge in [0, 0.05) is 17.1 Å². The zero-order valence-electron chi connectivity index (χ0n) is 13.3. The average Bonchev–Trinajstić information content (AvgIpc) is 2.56. The standard InChI is InChI=1S/C18H25N3O/c1-2-3-4-5-6-7-10-16(21-19)15-12-11-14-9-8-13-20-17(14)18(15)22/h8-9,11-13,22H,2-7,10,19H2,1H3/b21-16+. The fourth-order valence-corrected chi connectivity index (χ4v) is 2.70. The molecule has 0 aliphatic heterocycles. The van der Waals surface area contributed by atoms with Crippen molar-refractivity contribution < 1.29 is 5.11 Å². The van der Waals surface area contributed by atoms with Gasteiger partial charge >= 0.3 is 0 Å². The molecule has 2 aromatic rings. The van der Waals surface area contributed by atoms with Crippen LogP contribution in [0.5, 0.6) is 5.75 Å². The van der Waals surface area contributed by atoms with E-state index in [9.17, 15) is 5.11 Å². The molecule has 2 rings (SSSR count). The molecule has 3 N–H and O–H groups in total. The quantitative estimate of drug-likeness (QED) is 0.329. The molecule has 118 valence electrons. The number of fused-ring (bicyclic) bond motifs is 1. The summed E-state index contributed by atoms with van der Waals surface area (Å²) in [6, 6.07) is 7.61. The van der Waals surface area contributed by atoms with Crippen LogP contribution in [-0.4, -0.2) is 15.8 Å². The van der Waals surface area contributed by atoms with Crippen LogP contribution in [0.15, 0.2) is 35.6 Å². The average molecular weight is 299 g/mol. The van der Waals surface area contributed by atoms with E-state index in [1.807, 2.05) is 24.3 Å². The van der Waals surface area contributed by atoms with E-state index in [1.54, 1.807) is 6.20 Å². The van der Waals surface area contributed by atoms with Crippen LogP contribution in [-0.2, 0) is 0 Å². The summed E-state index contributed by atoms with van der Waals surface area (Å²) in [7, 11) is 0. The molecule has 0 radical (unpaired) electrons. The molecule has 0 amide bonds. The summed E-state index contributed by atoms with van der Waals surface area (Å²) in [4.78, 5) is 4.24. The van der Waals surface area contributed by atoms with Gasteiger partial charge in [-0.2, -0.15) is 5.10 Å². The van der Waals surface area contributed by atoms with E-state index in [0.717, 1.165) is 23.9 Å². The normalized spacial score (nSPS) is 12.0. The second kappa shape index (κ2) is 8.37. The number of phenols is 1. The number of benzene rings is 1. The molecular weight excluding hydrogens is 274 g/mol. The van der Waals surface area contributed by atoms with Gasteiger partial charge in [0.15, 0.2) is 5.75 Å². The van der Waals surface area contributed by atoms with Crippen molar-refractivity contribution in [1.82, 2.24) is 4.98 Å². The Morgan fingerprint density at radius 2 is 1.91 bits per heavy atom. The maximum absolute atomic E-state index is 10.4. The Labute approximate surface area is 132 Å². The Bertz CT molecular complexity index is 637. The number of hydrogen-bond acceptors (Lipinski definition) is 4. The van der Waals surface area contributed by atoms with Crippen molar-refractivity contribution in [3.63, 3.8) is 0 Å². The van der Waals surface area contributed by atoms with Gasteiger partial charge in [0.2, 0.25) is 0 Å². The molecule has 0 atom stereocenters. The number of nitrogens with zero attached hydrogens (tertiary/aromatic N) is 2. The molecule has 0 fully saturated rings. The molecular formula is C18H25N3O. The molecule has 4 heteroatoms. The molecule has 0 aliphatic rings. The molecule has 0 spiro atoms. The molecule has 0 bridgehead atoms. The molecule has 1 aromatic carbocycles. The summed E-state index contributed by atoms with van der Waals surface area (Å²) in [6.45, 7) is 2.22. The van der Waals surface area contributed by atoms with Gasteiger partial charge in [0.1, 0.15) is 5.52 Å². The van der Waals surface area contributed by atoms with Crippen LogP contribution in [0.2, 0.25) is 0 Å². The van der Waals surface area contributed by atoms with E-state index in [2.05, 4.69) is 17.0 Å². The number of nitrogens with two attached hydrogens (primary N) is 1. The van der Waals surface area contributed by atoms with E-state index in [4.69, 9.17) is 5.84 Å². The number of rotatable bonds is 8. The lowest BCUT2D eigenvalue weighted by Crippen LogP contribution is -2.05. The van der Waals surface area contributed by atoms with E-state index in [0.29, 0.717) is 11.1 Å². The van der Waals surface area contributed by atoms with Gasteiger partial charge in [0.05, 0.1) is 5.71 Å². The van der Waals surface area contributed by atoms with Crippen LogP contribution in [0.1, 0.15) is 57.4 Å². The van der Waals surface area contributed by atoms with Crippen LogP contribution in [0.4, 0.5) is 0 Å². The van der Waals surface area contributed by atoms with Gasteiger partial charge in [-0.15, -0.1) is 0 Å². The van der Waals surface area contributed by atoms with Gasteiger partial charge in [-0.1, -0.05) is 51.2 Å². The first kappa shape index (κ1) is 16.3. The molecule has 4 nitrogen and oxygen atoms in total. The Hall–Kier alpha value is -2.10. The fourth-order valence-electron chi connectivity index (χ4n) is 2.70. The number of hydrazone groups is 1. The highest BCUT2D eigenvalue weighted by Crippen LogP contribution is 2.28. The lowest BCUT2D eigenvalue weighted by Gasteiger charge is -2.09. The Kier molecular flexibility index (Phi) is 6.19. The van der Waals surface area contributed by atoms with Crippen LogP contribution in [0, 0.1) is 0 Å². The second-order valence-corrected chi connectivity index (χ2v) is 5.63. The maximum Gasteiger partial charge on any atom is 0.150 e. The second-order valence-electron chi connectivity index (χ2n) is 5.63. The van der Waals surface area contributed by atoms with E-state index >= 15 is 0 Å². The Morgan fingerprint density at radius 3 is 2.68 bits per heavy atom. The Morgan fingerprint density at radius 1 is 1.14 bits per heavy atom. The molecule has 0 saturated carbocycles. The van der Waals surface area contributed by atoms with Crippen molar-refractivity contribution in [2.75, 3.05) is 0 Å². The van der Waals surface area contributed by atoms with Crippen LogP contribution in [0.25, 0.3) is 10.9 Å². The van der Waals surface area contributed by atoms with Gasteiger partial charge in [-0.25, -0.2) is 0 Å². The number of phenolic OH excluding ortho intramolecular Hbond substituents is 1. The van der Waals surface area contributed by atoms with E-state index in [-0.39, 0.29) is 5.75 Å². The predicted octanol–water partition coefficient (Wildman–Crippen LogP) is 4.35. The number of aromatic nitrogens is 1. The van der Waals surface area contributed by atoms with Gasteiger partial charge < -0.3 is 10.9 Å². The third-order valence-electron chi connectivity index (χ3n) is 3.98. The lowest BCUT2D eigenvalue weighted by molar-refractivity contribution is 0.479. The SMILES string of the molecule is CCCCCCCC/C(=N\N)c1ccc2cccnc2c1O. The molecule has 1 heterocycles. The lowest BCUT2D eigenvalue weighted by atomic mass is 10.00. The van der Waals surface area contributed by atoms with Crippen molar-refractivity contribution in [3.8, 4) is 5.75 Å². The highest BCUT2D eigenvalue weighted by Gasteiger charge is 2.12. The molecule has 0 saturated heterocycles. The summed E-state index contributed by atoms with van der Waals surface area (Å²) in [5.74, 6) is 5.71. The monoisotopic (exact) mass is 299 g/mol. The molecule has 22 heavy (non-hydrogen) atoms. The summed E-state index contributed by atoms with van der Waals surface area (Å²) >= 11 is 0. The minimum Gasteiger partial charge on any atom is -0.505 e. The van der Waals surface area contributed by atoms with Crippen molar-refractivity contribution in [2.45, 2.75) is 51.9 Å². The molecule has 0 unspecified atom stereocenters. The maximum atomic E-state index is 10.4. The number of unbranched alkanes of at least 4 members (excludes halogenated alkanes) is 5. The molecule has 1 aromatic heterocycles. The minimum absolute atomic E-state index is 0.174. The number of aromatic hydroxyl groups is 1. The predicted molar refractivity (Wildman–Crippen MR) is 92.1 cm³/mol. The number of pyridine rings is 1. The van der Waals surface area contributed by atoms with Gasteiger partial charge in [0.25, 0.3) is 0 Å². The van der Waals surface area contributed by atoms with Gasteiger partial charge in [-0.3, -0.25) is 4.98 Å². The highest BCUT2D eigenvalue weighted by atomic mass is 16.3. The zero-order chi connectivity index (χ0) is 15.8. The van der Waals surface area contributed by atoms with Crippen LogP contribution < -0.4 is 5.84 Å². The van der Waals surface area contributed by atoms with Crippen LogP contribution >= 0.6 is 0 Å². The summed E-state index contributed by atoms with van der Waals surface area (Å²) in [5.41, 5.74) is 2.05. The fraction of sp³-hybridized carbons (Fsp3) is 0.444. The van der Waals surface area contributed by atoms with E-state index < -0.39 is 0 Å². The Balaban J connectivity index is 2.04. The summed E-state index contributed by atoms with van der Waals surface area (Å²) in [5, 5.41) is 15.2. The highest BCUT2D eigenvalue weighted by molar-refractivity contribution is 6.06. The first-order valence-corrected chi connectivity index (χ1v) is 8.11. The smallest absolute Gasteiger partial charge is 0.150 e.